The summed E-state index contributed by atoms with van der Waals surface area (Å²) in [6.07, 6.45) is 5.00. The summed E-state index contributed by atoms with van der Waals surface area (Å²) in [5, 5.41) is 8.82. The Morgan fingerprint density at radius 1 is 1.13 bits per heavy atom. The van der Waals surface area contributed by atoms with Gasteiger partial charge < -0.3 is 10.0 Å². The van der Waals surface area contributed by atoms with Crippen LogP contribution in [0, 0.1) is 0 Å². The summed E-state index contributed by atoms with van der Waals surface area (Å²) in [5.41, 5.74) is 2.61. The number of carboxylic acid groups (broad SMARTS) is 1. The van der Waals surface area contributed by atoms with Crippen molar-refractivity contribution >= 4 is 11.9 Å². The Morgan fingerprint density at radius 2 is 1.78 bits per heavy atom. The fourth-order valence-electron chi connectivity index (χ4n) is 2.90. The molecule has 3 rings (SSSR count). The zero-order valence-electron chi connectivity index (χ0n) is 12.8. The van der Waals surface area contributed by atoms with Gasteiger partial charge in [-0.25, -0.2) is 14.8 Å². The summed E-state index contributed by atoms with van der Waals surface area (Å²) in [7, 11) is 1.76. The molecule has 23 heavy (non-hydrogen) atoms. The van der Waals surface area contributed by atoms with E-state index in [0.29, 0.717) is 0 Å². The van der Waals surface area contributed by atoms with Gasteiger partial charge in [0.25, 0.3) is 5.91 Å². The Balaban J connectivity index is 1.74. The molecule has 1 unspecified atom stereocenters. The fourth-order valence-corrected chi connectivity index (χ4v) is 2.90. The van der Waals surface area contributed by atoms with E-state index in [0.717, 1.165) is 25.5 Å². The first-order valence-corrected chi connectivity index (χ1v) is 7.45. The summed E-state index contributed by atoms with van der Waals surface area (Å²) < 4.78 is 0. The van der Waals surface area contributed by atoms with Crippen LogP contribution in [0.3, 0.4) is 0 Å². The molecule has 0 aliphatic heterocycles. The number of nitrogens with zero attached hydrogens (tertiary/aromatic N) is 3. The highest BCUT2D eigenvalue weighted by Gasteiger charge is 2.26. The lowest BCUT2D eigenvalue weighted by atomic mass is 9.87. The molecule has 2 aromatic rings. The Labute approximate surface area is 133 Å². The molecule has 0 bridgehead atoms. The van der Waals surface area contributed by atoms with E-state index in [1.165, 1.54) is 17.3 Å². The third kappa shape index (κ3) is 3.06. The van der Waals surface area contributed by atoms with E-state index in [1.807, 2.05) is 12.1 Å². The van der Waals surface area contributed by atoms with Gasteiger partial charge in [-0.2, -0.15) is 0 Å². The van der Waals surface area contributed by atoms with E-state index in [9.17, 15) is 9.59 Å². The zero-order chi connectivity index (χ0) is 16.4. The molecule has 0 spiro atoms. The van der Waals surface area contributed by atoms with Crippen LogP contribution >= 0.6 is 0 Å². The smallest absolute Gasteiger partial charge is 0.356 e. The summed E-state index contributed by atoms with van der Waals surface area (Å²) >= 11 is 0. The maximum atomic E-state index is 12.5. The predicted molar refractivity (Wildman–Crippen MR) is 83.3 cm³/mol. The molecule has 0 radical (unpaired) electrons. The molecule has 118 valence electrons. The van der Waals surface area contributed by atoms with Crippen molar-refractivity contribution in [2.45, 2.75) is 25.3 Å². The fraction of sp³-hybridized carbons (Fsp3) is 0.294. The van der Waals surface area contributed by atoms with E-state index in [-0.39, 0.29) is 23.3 Å². The maximum Gasteiger partial charge on any atom is 0.356 e. The van der Waals surface area contributed by atoms with Crippen molar-refractivity contribution in [2.24, 2.45) is 0 Å². The van der Waals surface area contributed by atoms with Gasteiger partial charge in [-0.3, -0.25) is 4.79 Å². The van der Waals surface area contributed by atoms with E-state index in [1.54, 1.807) is 11.9 Å². The SMILES string of the molecule is CN(C(=O)c1cnc(C(=O)O)cn1)C1CCc2ccccc2C1. The lowest BCUT2D eigenvalue weighted by Crippen LogP contribution is -2.41. The molecule has 6 heteroatoms. The number of carbonyl (C=O) groups excluding carboxylic acids is 1. The predicted octanol–water partition coefficient (Wildman–Crippen LogP) is 1.80. The highest BCUT2D eigenvalue weighted by atomic mass is 16.4. The second kappa shape index (κ2) is 6.16. The largest absolute Gasteiger partial charge is 0.476 e. The van der Waals surface area contributed by atoms with Gasteiger partial charge in [0.1, 0.15) is 5.69 Å². The van der Waals surface area contributed by atoms with Gasteiger partial charge in [-0.05, 0) is 30.4 Å². The van der Waals surface area contributed by atoms with Gasteiger partial charge >= 0.3 is 5.97 Å². The minimum absolute atomic E-state index is 0.110. The quantitative estimate of drug-likeness (QED) is 0.934. The van der Waals surface area contributed by atoms with Gasteiger partial charge in [0.15, 0.2) is 5.69 Å². The number of carbonyl (C=O) groups is 2. The monoisotopic (exact) mass is 311 g/mol. The standard InChI is InChI=1S/C17H17N3O3/c1-20(13-7-6-11-4-2-3-5-12(11)8-13)16(21)14-9-19-15(10-18-14)17(22)23/h2-5,9-10,13H,6-8H2,1H3,(H,22,23). The Morgan fingerprint density at radius 3 is 2.43 bits per heavy atom. The number of benzene rings is 1. The molecular formula is C17H17N3O3. The highest BCUT2D eigenvalue weighted by Crippen LogP contribution is 2.24. The molecule has 6 nitrogen and oxygen atoms in total. The summed E-state index contributed by atoms with van der Waals surface area (Å²) in [6.45, 7) is 0. The van der Waals surface area contributed by atoms with Crippen LogP contribution < -0.4 is 0 Å². The molecule has 1 N–H and O–H groups in total. The van der Waals surface area contributed by atoms with Gasteiger partial charge in [-0.1, -0.05) is 24.3 Å². The van der Waals surface area contributed by atoms with Crippen LogP contribution in [-0.4, -0.2) is 44.9 Å². The molecule has 1 aliphatic rings. The second-order valence-corrected chi connectivity index (χ2v) is 5.67. The highest BCUT2D eigenvalue weighted by molar-refractivity contribution is 5.92. The number of hydrogen-bond donors (Lipinski definition) is 1. The average Bonchev–Trinajstić information content (AvgIpc) is 2.60. The summed E-state index contributed by atoms with van der Waals surface area (Å²) in [4.78, 5) is 32.7. The normalized spacial score (nSPS) is 16.5. The first-order chi connectivity index (χ1) is 11.1. The van der Waals surface area contributed by atoms with Crippen molar-refractivity contribution in [3.05, 3.63) is 59.2 Å². The summed E-state index contributed by atoms with van der Waals surface area (Å²) in [5.74, 6) is -1.40. The van der Waals surface area contributed by atoms with Gasteiger partial charge in [-0.15, -0.1) is 0 Å². The van der Waals surface area contributed by atoms with Crippen molar-refractivity contribution in [3.63, 3.8) is 0 Å². The molecule has 1 aromatic heterocycles. The van der Waals surface area contributed by atoms with Crippen LogP contribution in [-0.2, 0) is 12.8 Å². The number of fused-ring (bicyclic) bond motifs is 1. The van der Waals surface area contributed by atoms with Crippen LogP contribution in [0.4, 0.5) is 0 Å². The topological polar surface area (TPSA) is 83.4 Å². The Kier molecular flexibility index (Phi) is 4.06. The number of aromatic carboxylic acids is 1. The molecule has 0 saturated carbocycles. The first-order valence-electron chi connectivity index (χ1n) is 7.45. The first kappa shape index (κ1) is 15.1. The van der Waals surface area contributed by atoms with Gasteiger partial charge in [0.05, 0.1) is 12.4 Å². The lowest BCUT2D eigenvalue weighted by molar-refractivity contribution is 0.0680. The second-order valence-electron chi connectivity index (χ2n) is 5.67. The Hall–Kier alpha value is -2.76. The third-order valence-corrected chi connectivity index (χ3v) is 4.28. The molecular weight excluding hydrogens is 294 g/mol. The van der Waals surface area contributed by atoms with Crippen LogP contribution in [0.1, 0.15) is 38.5 Å². The number of aromatic nitrogens is 2. The van der Waals surface area contributed by atoms with E-state index >= 15 is 0 Å². The summed E-state index contributed by atoms with van der Waals surface area (Å²) in [6, 6.07) is 8.38. The minimum atomic E-state index is -1.16. The van der Waals surface area contributed by atoms with Crippen LogP contribution in [0.5, 0.6) is 0 Å². The molecule has 0 fully saturated rings. The lowest BCUT2D eigenvalue weighted by Gasteiger charge is -2.32. The molecule has 1 amide bonds. The number of amides is 1. The van der Waals surface area contributed by atoms with E-state index < -0.39 is 5.97 Å². The maximum absolute atomic E-state index is 12.5. The van der Waals surface area contributed by atoms with Crippen molar-refractivity contribution < 1.29 is 14.7 Å². The third-order valence-electron chi connectivity index (χ3n) is 4.28. The minimum Gasteiger partial charge on any atom is -0.476 e. The van der Waals surface area contributed by atoms with Crippen molar-refractivity contribution in [3.8, 4) is 0 Å². The molecule has 1 aromatic carbocycles. The van der Waals surface area contributed by atoms with E-state index in [2.05, 4.69) is 22.1 Å². The number of likely N-dealkylation sites (N-methyl/N-ethyl adjacent to an activating group) is 1. The van der Waals surface area contributed by atoms with Crippen LogP contribution in [0.15, 0.2) is 36.7 Å². The van der Waals surface area contributed by atoms with Crippen LogP contribution in [0.2, 0.25) is 0 Å². The molecule has 1 aliphatic carbocycles. The van der Waals surface area contributed by atoms with Crippen molar-refractivity contribution in [1.82, 2.24) is 14.9 Å². The van der Waals surface area contributed by atoms with Gasteiger partial charge in [0, 0.05) is 13.1 Å². The van der Waals surface area contributed by atoms with E-state index in [4.69, 9.17) is 5.11 Å². The molecule has 1 atom stereocenters. The van der Waals surface area contributed by atoms with Gasteiger partial charge in [0.2, 0.25) is 0 Å². The zero-order valence-corrected chi connectivity index (χ0v) is 12.8. The Bertz CT molecular complexity index is 743. The molecule has 0 saturated heterocycles. The molecule has 1 heterocycles. The number of rotatable bonds is 3. The number of aryl methyl sites for hydroxylation is 1. The van der Waals surface area contributed by atoms with Crippen molar-refractivity contribution in [1.29, 1.82) is 0 Å². The number of hydrogen-bond acceptors (Lipinski definition) is 4. The number of carboxylic acids is 1. The van der Waals surface area contributed by atoms with Crippen LogP contribution in [0.25, 0.3) is 0 Å². The van der Waals surface area contributed by atoms with Crippen molar-refractivity contribution in [2.75, 3.05) is 7.05 Å². The average molecular weight is 311 g/mol.